The molecule has 0 bridgehead atoms. The molecule has 0 spiro atoms. The maximum absolute atomic E-state index is 12.9. The third kappa shape index (κ3) is 3.64. The third-order valence-corrected chi connectivity index (χ3v) is 4.27. The normalized spacial score (nSPS) is 14.5. The van der Waals surface area contributed by atoms with Crippen LogP contribution in [-0.2, 0) is 6.18 Å². The van der Waals surface area contributed by atoms with Gasteiger partial charge in [-0.15, -0.1) is 0 Å². The first-order valence-electron chi connectivity index (χ1n) is 7.65. The first kappa shape index (κ1) is 18.2. The van der Waals surface area contributed by atoms with Crippen molar-refractivity contribution in [2.75, 3.05) is 23.3 Å². The summed E-state index contributed by atoms with van der Waals surface area (Å²) in [6.45, 7) is 1.23. The van der Waals surface area contributed by atoms with Gasteiger partial charge >= 0.3 is 11.9 Å². The summed E-state index contributed by atoms with van der Waals surface area (Å²) in [4.78, 5) is 20.5. The van der Waals surface area contributed by atoms with Gasteiger partial charge in [0.25, 0.3) is 0 Å². The molecule has 0 amide bonds. The molecule has 3 rings (SSSR count). The summed E-state index contributed by atoms with van der Waals surface area (Å²) in [5.41, 5.74) is -1.46. The summed E-state index contributed by atoms with van der Waals surface area (Å²) in [7, 11) is 0. The van der Waals surface area contributed by atoms with Crippen LogP contribution in [0.1, 0.15) is 18.4 Å². The number of hydrogen-bond donors (Lipinski definition) is 1. The van der Waals surface area contributed by atoms with Gasteiger partial charge in [-0.1, -0.05) is 11.6 Å². The van der Waals surface area contributed by atoms with E-state index in [4.69, 9.17) is 11.6 Å². The lowest BCUT2D eigenvalue weighted by Gasteiger charge is -2.17. The minimum Gasteiger partial charge on any atom is -0.351 e. The lowest BCUT2D eigenvalue weighted by atomic mass is 10.2. The van der Waals surface area contributed by atoms with Crippen LogP contribution in [0.4, 0.5) is 36.2 Å². The van der Waals surface area contributed by atoms with Crippen LogP contribution in [0.15, 0.2) is 24.5 Å². The molecule has 2 aromatic rings. The van der Waals surface area contributed by atoms with Crippen LogP contribution in [0.3, 0.4) is 0 Å². The van der Waals surface area contributed by atoms with E-state index in [0.29, 0.717) is 13.1 Å². The van der Waals surface area contributed by atoms with Crippen molar-refractivity contribution in [1.29, 1.82) is 0 Å². The van der Waals surface area contributed by atoms with Gasteiger partial charge in [0.2, 0.25) is 11.6 Å². The number of nitrogens with zero attached hydrogens (tertiary/aromatic N) is 4. The highest BCUT2D eigenvalue weighted by Crippen LogP contribution is 2.38. The molecule has 7 nitrogen and oxygen atoms in total. The number of anilines is 3. The van der Waals surface area contributed by atoms with Crippen molar-refractivity contribution in [1.82, 2.24) is 9.97 Å². The zero-order valence-corrected chi connectivity index (χ0v) is 14.0. The van der Waals surface area contributed by atoms with E-state index in [-0.39, 0.29) is 22.3 Å². The number of aromatic nitrogens is 2. The Bertz CT molecular complexity index is 841. The largest absolute Gasteiger partial charge is 0.416 e. The van der Waals surface area contributed by atoms with Gasteiger partial charge in [0.15, 0.2) is 0 Å². The topological polar surface area (TPSA) is 84.2 Å². The van der Waals surface area contributed by atoms with Crippen molar-refractivity contribution >= 4 is 34.6 Å². The Morgan fingerprint density at radius 2 is 1.92 bits per heavy atom. The molecule has 2 heterocycles. The molecule has 1 saturated heterocycles. The molecule has 138 valence electrons. The second-order valence-corrected chi connectivity index (χ2v) is 6.07. The molecule has 0 radical (unpaired) electrons. The molecule has 1 aliphatic heterocycles. The van der Waals surface area contributed by atoms with E-state index in [1.165, 1.54) is 0 Å². The predicted octanol–water partition coefficient (Wildman–Crippen LogP) is 4.40. The Hall–Kier alpha value is -2.62. The minimum atomic E-state index is -4.57. The van der Waals surface area contributed by atoms with E-state index in [1.807, 2.05) is 0 Å². The van der Waals surface area contributed by atoms with E-state index in [9.17, 15) is 23.3 Å². The smallest absolute Gasteiger partial charge is 0.351 e. The minimum absolute atomic E-state index is 0.0198. The number of halogens is 4. The number of nitro groups is 1. The summed E-state index contributed by atoms with van der Waals surface area (Å²) in [6, 6.07) is 2.68. The van der Waals surface area contributed by atoms with Gasteiger partial charge in [0.1, 0.15) is 6.33 Å². The molecule has 0 saturated carbocycles. The van der Waals surface area contributed by atoms with Gasteiger partial charge in [0.05, 0.1) is 21.2 Å². The molecular formula is C15H13ClF3N5O2. The van der Waals surface area contributed by atoms with Crippen molar-refractivity contribution in [3.8, 4) is 0 Å². The highest BCUT2D eigenvalue weighted by Gasteiger charge is 2.32. The first-order chi connectivity index (χ1) is 12.3. The van der Waals surface area contributed by atoms with Gasteiger partial charge < -0.3 is 10.2 Å². The number of rotatable bonds is 4. The molecule has 1 aromatic heterocycles. The molecule has 0 aliphatic carbocycles. The number of benzene rings is 1. The number of hydrogen-bond acceptors (Lipinski definition) is 6. The molecule has 26 heavy (non-hydrogen) atoms. The van der Waals surface area contributed by atoms with Crippen molar-refractivity contribution in [2.45, 2.75) is 19.0 Å². The summed E-state index contributed by atoms with van der Waals surface area (Å²) in [6.07, 6.45) is -1.68. The fourth-order valence-electron chi connectivity index (χ4n) is 2.71. The van der Waals surface area contributed by atoms with Gasteiger partial charge in [-0.05, 0) is 31.0 Å². The maximum Gasteiger partial charge on any atom is 0.416 e. The molecule has 1 N–H and O–H groups in total. The summed E-state index contributed by atoms with van der Waals surface area (Å²) in [5.74, 6) is -0.0822. The highest BCUT2D eigenvalue weighted by molar-refractivity contribution is 6.33. The van der Waals surface area contributed by atoms with Crippen molar-refractivity contribution < 1.29 is 18.1 Å². The maximum atomic E-state index is 12.9. The molecule has 0 atom stereocenters. The Morgan fingerprint density at radius 3 is 2.54 bits per heavy atom. The summed E-state index contributed by atoms with van der Waals surface area (Å²) < 4.78 is 38.7. The Balaban J connectivity index is 2.03. The third-order valence-electron chi connectivity index (χ3n) is 3.94. The van der Waals surface area contributed by atoms with Crippen molar-refractivity contribution in [2.24, 2.45) is 0 Å². The SMILES string of the molecule is O=[N+]([O-])c1c(Nc2cc(C(F)(F)F)ccc2Cl)ncnc1N1CCCC1. The average Bonchev–Trinajstić information content (AvgIpc) is 3.09. The van der Waals surface area contributed by atoms with Crippen LogP contribution >= 0.6 is 11.6 Å². The van der Waals surface area contributed by atoms with Gasteiger partial charge in [-0.3, -0.25) is 10.1 Å². The van der Waals surface area contributed by atoms with E-state index >= 15 is 0 Å². The number of nitrogens with one attached hydrogen (secondary N) is 1. The van der Waals surface area contributed by atoms with E-state index < -0.39 is 22.4 Å². The quantitative estimate of drug-likeness (QED) is 0.618. The molecule has 1 aromatic carbocycles. The fourth-order valence-corrected chi connectivity index (χ4v) is 2.88. The van der Waals surface area contributed by atoms with Gasteiger partial charge in [-0.2, -0.15) is 13.2 Å². The zero-order chi connectivity index (χ0) is 18.9. The fraction of sp³-hybridized carbons (Fsp3) is 0.333. The van der Waals surface area contributed by atoms with Crippen LogP contribution in [0, 0.1) is 10.1 Å². The predicted molar refractivity (Wildman–Crippen MR) is 89.9 cm³/mol. The molecule has 0 unspecified atom stereocenters. The zero-order valence-electron chi connectivity index (χ0n) is 13.3. The van der Waals surface area contributed by atoms with E-state index in [1.54, 1.807) is 4.90 Å². The highest BCUT2D eigenvalue weighted by atomic mass is 35.5. The van der Waals surface area contributed by atoms with Crippen LogP contribution in [0.25, 0.3) is 0 Å². The Labute approximate surface area is 151 Å². The van der Waals surface area contributed by atoms with Gasteiger partial charge in [-0.25, -0.2) is 9.97 Å². The summed E-state index contributed by atoms with van der Waals surface area (Å²) >= 11 is 5.94. The van der Waals surface area contributed by atoms with Crippen LogP contribution < -0.4 is 10.2 Å². The standard InChI is InChI=1S/C15H13ClF3N5O2/c16-10-4-3-9(15(17,18)19)7-11(10)22-13-12(24(25)26)14(21-8-20-13)23-5-1-2-6-23/h3-4,7-8H,1-2,5-6H2,(H,20,21,22). The molecule has 1 fully saturated rings. The second kappa shape index (κ2) is 6.94. The Morgan fingerprint density at radius 1 is 1.23 bits per heavy atom. The van der Waals surface area contributed by atoms with Crippen molar-refractivity contribution in [3.63, 3.8) is 0 Å². The van der Waals surface area contributed by atoms with Crippen LogP contribution in [0.2, 0.25) is 5.02 Å². The molecule has 11 heteroatoms. The van der Waals surface area contributed by atoms with E-state index in [0.717, 1.165) is 37.4 Å². The number of alkyl halides is 3. The average molecular weight is 388 g/mol. The van der Waals surface area contributed by atoms with E-state index in [2.05, 4.69) is 15.3 Å². The van der Waals surface area contributed by atoms with Crippen LogP contribution in [0.5, 0.6) is 0 Å². The monoisotopic (exact) mass is 387 g/mol. The first-order valence-corrected chi connectivity index (χ1v) is 8.03. The molecular weight excluding hydrogens is 375 g/mol. The van der Waals surface area contributed by atoms with Crippen LogP contribution in [-0.4, -0.2) is 28.0 Å². The molecule has 1 aliphatic rings. The lowest BCUT2D eigenvalue weighted by molar-refractivity contribution is -0.383. The summed E-state index contributed by atoms with van der Waals surface area (Å²) in [5, 5.41) is 14.1. The second-order valence-electron chi connectivity index (χ2n) is 5.66. The Kier molecular flexibility index (Phi) is 4.86. The lowest BCUT2D eigenvalue weighted by Crippen LogP contribution is -2.21. The van der Waals surface area contributed by atoms with Crippen molar-refractivity contribution in [3.05, 3.63) is 45.2 Å². The van der Waals surface area contributed by atoms with Gasteiger partial charge in [0, 0.05) is 13.1 Å².